The highest BCUT2D eigenvalue weighted by Gasteiger charge is 2.11. The molecule has 4 N–H and O–H groups in total. The predicted molar refractivity (Wildman–Crippen MR) is 85.3 cm³/mol. The minimum absolute atomic E-state index is 0.0928. The SMILES string of the molecule is CCCC(N)CC(=O)Nc1ccc(C(=O)NCC)cc1C. The maximum absolute atomic E-state index is 11.9. The number of amides is 2. The number of nitrogens with two attached hydrogens (primary N) is 1. The highest BCUT2D eigenvalue weighted by Crippen LogP contribution is 2.17. The van der Waals surface area contributed by atoms with Crippen LogP contribution in [0.1, 0.15) is 49.0 Å². The molecule has 1 rings (SSSR count). The zero-order valence-electron chi connectivity index (χ0n) is 13.0. The average molecular weight is 291 g/mol. The first-order valence-corrected chi connectivity index (χ1v) is 7.42. The summed E-state index contributed by atoms with van der Waals surface area (Å²) in [5.41, 5.74) is 8.03. The van der Waals surface area contributed by atoms with E-state index in [1.54, 1.807) is 18.2 Å². The minimum atomic E-state index is -0.108. The van der Waals surface area contributed by atoms with Crippen LogP contribution in [0.5, 0.6) is 0 Å². The number of benzene rings is 1. The topological polar surface area (TPSA) is 84.2 Å². The van der Waals surface area contributed by atoms with Gasteiger partial charge in [-0.15, -0.1) is 0 Å². The maximum atomic E-state index is 11.9. The molecule has 0 bridgehead atoms. The molecule has 2 amide bonds. The number of hydrogen-bond acceptors (Lipinski definition) is 3. The Kier molecular flexibility index (Phi) is 6.88. The molecule has 0 fully saturated rings. The van der Waals surface area contributed by atoms with Gasteiger partial charge in [-0.25, -0.2) is 0 Å². The van der Waals surface area contributed by atoms with Gasteiger partial charge in [-0.1, -0.05) is 13.3 Å². The second-order valence-corrected chi connectivity index (χ2v) is 5.19. The van der Waals surface area contributed by atoms with Crippen molar-refractivity contribution in [2.75, 3.05) is 11.9 Å². The Bertz CT molecular complexity index is 500. The number of rotatable bonds is 7. The minimum Gasteiger partial charge on any atom is -0.352 e. The Morgan fingerprint density at radius 3 is 2.57 bits per heavy atom. The lowest BCUT2D eigenvalue weighted by atomic mass is 10.1. The predicted octanol–water partition coefficient (Wildman–Crippen LogP) is 2.20. The lowest BCUT2D eigenvalue weighted by Gasteiger charge is -2.13. The Balaban J connectivity index is 2.68. The number of carbonyl (C=O) groups excluding carboxylic acids is 2. The molecule has 116 valence electrons. The lowest BCUT2D eigenvalue weighted by molar-refractivity contribution is -0.116. The summed E-state index contributed by atoms with van der Waals surface area (Å²) in [5.74, 6) is -0.201. The highest BCUT2D eigenvalue weighted by atomic mass is 16.2. The van der Waals surface area contributed by atoms with Gasteiger partial charge in [0.1, 0.15) is 0 Å². The number of hydrogen-bond donors (Lipinski definition) is 3. The number of nitrogens with one attached hydrogen (secondary N) is 2. The van der Waals surface area contributed by atoms with Crippen molar-refractivity contribution in [2.24, 2.45) is 5.73 Å². The van der Waals surface area contributed by atoms with E-state index in [0.717, 1.165) is 24.1 Å². The van der Waals surface area contributed by atoms with E-state index < -0.39 is 0 Å². The van der Waals surface area contributed by atoms with Crippen molar-refractivity contribution < 1.29 is 9.59 Å². The largest absolute Gasteiger partial charge is 0.352 e. The van der Waals surface area contributed by atoms with Gasteiger partial charge < -0.3 is 16.4 Å². The van der Waals surface area contributed by atoms with Crippen LogP contribution in [0.4, 0.5) is 5.69 Å². The van der Waals surface area contributed by atoms with E-state index in [9.17, 15) is 9.59 Å². The van der Waals surface area contributed by atoms with Crippen LogP contribution < -0.4 is 16.4 Å². The fraction of sp³-hybridized carbons (Fsp3) is 0.500. The van der Waals surface area contributed by atoms with Crippen molar-refractivity contribution in [3.05, 3.63) is 29.3 Å². The molecule has 1 atom stereocenters. The van der Waals surface area contributed by atoms with Crippen molar-refractivity contribution in [3.63, 3.8) is 0 Å². The lowest BCUT2D eigenvalue weighted by Crippen LogP contribution is -2.27. The van der Waals surface area contributed by atoms with Crippen LogP contribution in [0.2, 0.25) is 0 Å². The summed E-state index contributed by atoms with van der Waals surface area (Å²) >= 11 is 0. The maximum Gasteiger partial charge on any atom is 0.251 e. The second-order valence-electron chi connectivity index (χ2n) is 5.19. The summed E-state index contributed by atoms with van der Waals surface area (Å²) in [6, 6.07) is 5.12. The van der Waals surface area contributed by atoms with Crippen LogP contribution >= 0.6 is 0 Å². The van der Waals surface area contributed by atoms with Gasteiger partial charge in [-0.3, -0.25) is 9.59 Å². The molecular weight excluding hydrogens is 266 g/mol. The Morgan fingerprint density at radius 2 is 2.00 bits per heavy atom. The molecule has 0 aliphatic rings. The summed E-state index contributed by atoms with van der Waals surface area (Å²) < 4.78 is 0. The fourth-order valence-electron chi connectivity index (χ4n) is 2.12. The van der Waals surface area contributed by atoms with Crippen LogP contribution in [-0.2, 0) is 4.79 Å². The van der Waals surface area contributed by atoms with Crippen LogP contribution in [0.15, 0.2) is 18.2 Å². The number of carbonyl (C=O) groups is 2. The van der Waals surface area contributed by atoms with Crippen molar-refractivity contribution in [1.82, 2.24) is 5.32 Å². The Morgan fingerprint density at radius 1 is 1.29 bits per heavy atom. The molecule has 21 heavy (non-hydrogen) atoms. The molecule has 0 heterocycles. The molecule has 5 heteroatoms. The highest BCUT2D eigenvalue weighted by molar-refractivity contribution is 5.96. The summed E-state index contributed by atoms with van der Waals surface area (Å²) in [6.07, 6.45) is 2.11. The fourth-order valence-corrected chi connectivity index (χ4v) is 2.12. The molecule has 0 aliphatic heterocycles. The van der Waals surface area contributed by atoms with E-state index in [0.29, 0.717) is 18.5 Å². The first-order valence-electron chi connectivity index (χ1n) is 7.42. The second kappa shape index (κ2) is 8.42. The summed E-state index contributed by atoms with van der Waals surface area (Å²) in [5, 5.41) is 5.59. The first-order chi connectivity index (χ1) is 9.97. The number of anilines is 1. The van der Waals surface area contributed by atoms with Gasteiger partial charge in [-0.2, -0.15) is 0 Å². The third kappa shape index (κ3) is 5.55. The zero-order valence-corrected chi connectivity index (χ0v) is 13.0. The van der Waals surface area contributed by atoms with Gasteiger partial charge in [0, 0.05) is 30.3 Å². The van der Waals surface area contributed by atoms with Crippen LogP contribution in [-0.4, -0.2) is 24.4 Å². The van der Waals surface area contributed by atoms with Crippen molar-refractivity contribution in [2.45, 2.75) is 46.1 Å². The molecule has 0 saturated carbocycles. The quantitative estimate of drug-likeness (QED) is 0.720. The van der Waals surface area contributed by atoms with Crippen LogP contribution in [0.3, 0.4) is 0 Å². The van der Waals surface area contributed by atoms with E-state index in [4.69, 9.17) is 5.73 Å². The van der Waals surface area contributed by atoms with Crippen LogP contribution in [0, 0.1) is 6.92 Å². The standard InChI is InChI=1S/C16H25N3O2/c1-4-6-13(17)10-15(20)19-14-8-7-12(9-11(14)3)16(21)18-5-2/h7-9,13H,4-6,10,17H2,1-3H3,(H,18,21)(H,19,20). The number of aryl methyl sites for hydroxylation is 1. The monoisotopic (exact) mass is 291 g/mol. The van der Waals surface area contributed by atoms with Gasteiger partial charge >= 0.3 is 0 Å². The first kappa shape index (κ1) is 17.2. The van der Waals surface area contributed by atoms with E-state index in [2.05, 4.69) is 10.6 Å². The van der Waals surface area contributed by atoms with Gasteiger partial charge in [0.15, 0.2) is 0 Å². The summed E-state index contributed by atoms with van der Waals surface area (Å²) in [4.78, 5) is 23.6. The summed E-state index contributed by atoms with van der Waals surface area (Å²) in [6.45, 7) is 6.37. The molecule has 5 nitrogen and oxygen atoms in total. The average Bonchev–Trinajstić information content (AvgIpc) is 2.41. The summed E-state index contributed by atoms with van der Waals surface area (Å²) in [7, 11) is 0. The molecule has 0 aromatic heterocycles. The van der Waals surface area contributed by atoms with Crippen molar-refractivity contribution in [3.8, 4) is 0 Å². The molecule has 0 spiro atoms. The smallest absolute Gasteiger partial charge is 0.251 e. The molecule has 1 aromatic rings. The van der Waals surface area contributed by atoms with E-state index in [-0.39, 0.29) is 17.9 Å². The molecule has 0 radical (unpaired) electrons. The van der Waals surface area contributed by atoms with Crippen molar-refractivity contribution in [1.29, 1.82) is 0 Å². The van der Waals surface area contributed by atoms with Crippen LogP contribution in [0.25, 0.3) is 0 Å². The normalized spacial score (nSPS) is 11.8. The van der Waals surface area contributed by atoms with Gasteiger partial charge in [0.05, 0.1) is 0 Å². The van der Waals surface area contributed by atoms with Gasteiger partial charge in [0.25, 0.3) is 5.91 Å². The van der Waals surface area contributed by atoms with E-state index in [1.807, 2.05) is 20.8 Å². The zero-order chi connectivity index (χ0) is 15.8. The van der Waals surface area contributed by atoms with Gasteiger partial charge in [-0.05, 0) is 44.0 Å². The van der Waals surface area contributed by atoms with Gasteiger partial charge in [0.2, 0.25) is 5.91 Å². The molecular formula is C16H25N3O2. The van der Waals surface area contributed by atoms with Crippen molar-refractivity contribution >= 4 is 17.5 Å². The Labute approximate surface area is 126 Å². The molecule has 1 aromatic carbocycles. The van der Waals surface area contributed by atoms with E-state index in [1.165, 1.54) is 0 Å². The molecule has 1 unspecified atom stereocenters. The third-order valence-electron chi connectivity index (χ3n) is 3.21. The Hall–Kier alpha value is -1.88. The van der Waals surface area contributed by atoms with E-state index >= 15 is 0 Å². The molecule has 0 saturated heterocycles. The third-order valence-corrected chi connectivity index (χ3v) is 3.21. The molecule has 0 aliphatic carbocycles.